The standard InChI is InChI=1S/C11H11ClO/c1-7(2)9-5-4-8(3)11(12)10(9)6-13/h4-6H,1H2,2-3H3. The molecule has 68 valence electrons. The lowest BCUT2D eigenvalue weighted by Crippen LogP contribution is -1.92. The molecular weight excluding hydrogens is 184 g/mol. The first-order chi connectivity index (χ1) is 6.07. The van der Waals surface area contributed by atoms with E-state index in [1.807, 2.05) is 26.0 Å². The van der Waals surface area contributed by atoms with Gasteiger partial charge in [-0.2, -0.15) is 0 Å². The zero-order valence-electron chi connectivity index (χ0n) is 7.73. The number of hydrogen-bond donors (Lipinski definition) is 0. The molecule has 2 heteroatoms. The zero-order valence-corrected chi connectivity index (χ0v) is 8.48. The molecule has 0 unspecified atom stereocenters. The number of rotatable bonds is 2. The normalized spacial score (nSPS) is 9.77. The van der Waals surface area contributed by atoms with Crippen LogP contribution in [0, 0.1) is 6.92 Å². The second kappa shape index (κ2) is 3.75. The second-order valence-corrected chi connectivity index (χ2v) is 3.43. The van der Waals surface area contributed by atoms with Crippen LogP contribution in [0.15, 0.2) is 18.7 Å². The Hall–Kier alpha value is -1.08. The largest absolute Gasteiger partial charge is 0.298 e. The molecule has 0 saturated carbocycles. The Bertz CT molecular complexity index is 367. The number of benzene rings is 1. The van der Waals surface area contributed by atoms with Crippen LogP contribution in [-0.4, -0.2) is 6.29 Å². The van der Waals surface area contributed by atoms with Crippen LogP contribution in [0.1, 0.15) is 28.4 Å². The third kappa shape index (κ3) is 1.81. The molecule has 1 aromatic carbocycles. The summed E-state index contributed by atoms with van der Waals surface area (Å²) in [7, 11) is 0. The van der Waals surface area contributed by atoms with Crippen LogP contribution >= 0.6 is 11.6 Å². The van der Waals surface area contributed by atoms with Gasteiger partial charge < -0.3 is 0 Å². The van der Waals surface area contributed by atoms with Crippen molar-refractivity contribution in [2.24, 2.45) is 0 Å². The molecule has 1 nitrogen and oxygen atoms in total. The van der Waals surface area contributed by atoms with Gasteiger partial charge in [-0.3, -0.25) is 4.79 Å². The minimum absolute atomic E-state index is 0.524. The predicted octanol–water partition coefficient (Wildman–Crippen LogP) is 3.49. The van der Waals surface area contributed by atoms with Crippen molar-refractivity contribution in [1.29, 1.82) is 0 Å². The van der Waals surface area contributed by atoms with Crippen molar-refractivity contribution in [3.63, 3.8) is 0 Å². The van der Waals surface area contributed by atoms with Gasteiger partial charge in [-0.25, -0.2) is 0 Å². The van der Waals surface area contributed by atoms with Crippen LogP contribution in [0.3, 0.4) is 0 Å². The Morgan fingerprint density at radius 3 is 2.62 bits per heavy atom. The lowest BCUT2D eigenvalue weighted by atomic mass is 10.0. The van der Waals surface area contributed by atoms with Gasteiger partial charge in [-0.15, -0.1) is 0 Å². The van der Waals surface area contributed by atoms with Crippen molar-refractivity contribution in [2.45, 2.75) is 13.8 Å². The average Bonchev–Trinajstić information content (AvgIpc) is 2.09. The van der Waals surface area contributed by atoms with E-state index in [1.165, 1.54) is 0 Å². The summed E-state index contributed by atoms with van der Waals surface area (Å²) < 4.78 is 0. The highest BCUT2D eigenvalue weighted by Gasteiger charge is 2.08. The van der Waals surface area contributed by atoms with Crippen LogP contribution in [0.4, 0.5) is 0 Å². The number of carbonyl (C=O) groups is 1. The summed E-state index contributed by atoms with van der Waals surface area (Å²) in [6.45, 7) is 7.51. The fourth-order valence-corrected chi connectivity index (χ4v) is 1.40. The van der Waals surface area contributed by atoms with Gasteiger partial charge in [0.05, 0.1) is 5.02 Å². The van der Waals surface area contributed by atoms with Gasteiger partial charge in [-0.1, -0.05) is 35.9 Å². The van der Waals surface area contributed by atoms with Gasteiger partial charge in [0.15, 0.2) is 6.29 Å². The van der Waals surface area contributed by atoms with Gasteiger partial charge in [0.1, 0.15) is 0 Å². The quantitative estimate of drug-likeness (QED) is 0.659. The van der Waals surface area contributed by atoms with E-state index in [4.69, 9.17) is 11.6 Å². The molecule has 0 radical (unpaired) electrons. The molecule has 1 rings (SSSR count). The van der Waals surface area contributed by atoms with E-state index in [2.05, 4.69) is 6.58 Å². The summed E-state index contributed by atoms with van der Waals surface area (Å²) in [6, 6.07) is 3.76. The molecular formula is C11H11ClO. The maximum absolute atomic E-state index is 10.8. The molecule has 0 atom stereocenters. The third-order valence-corrected chi connectivity index (χ3v) is 2.45. The Labute approximate surface area is 83.0 Å². The SMILES string of the molecule is C=C(C)c1ccc(C)c(Cl)c1C=O. The Morgan fingerprint density at radius 1 is 1.54 bits per heavy atom. The first-order valence-electron chi connectivity index (χ1n) is 3.98. The molecule has 0 amide bonds. The van der Waals surface area contributed by atoms with Crippen molar-refractivity contribution in [1.82, 2.24) is 0 Å². The van der Waals surface area contributed by atoms with Gasteiger partial charge >= 0.3 is 0 Å². The van der Waals surface area contributed by atoms with E-state index in [0.717, 1.165) is 23.0 Å². The molecule has 0 fully saturated rings. The topological polar surface area (TPSA) is 17.1 Å². The highest BCUT2D eigenvalue weighted by molar-refractivity contribution is 6.34. The average molecular weight is 195 g/mol. The van der Waals surface area contributed by atoms with Gasteiger partial charge in [0, 0.05) is 5.56 Å². The summed E-state index contributed by atoms with van der Waals surface area (Å²) in [5.41, 5.74) is 3.12. The Balaban J connectivity index is 3.47. The molecule has 0 saturated heterocycles. The van der Waals surface area contributed by atoms with Crippen LogP contribution in [0.25, 0.3) is 5.57 Å². The van der Waals surface area contributed by atoms with Gasteiger partial charge in [0.2, 0.25) is 0 Å². The number of aldehydes is 1. The maximum atomic E-state index is 10.8. The molecule has 0 spiro atoms. The Morgan fingerprint density at radius 2 is 2.15 bits per heavy atom. The monoisotopic (exact) mass is 194 g/mol. The molecule has 0 N–H and O–H groups in total. The molecule has 0 aromatic heterocycles. The lowest BCUT2D eigenvalue weighted by molar-refractivity contribution is 0.112. The van der Waals surface area contributed by atoms with Crippen molar-refractivity contribution in [3.05, 3.63) is 40.4 Å². The highest BCUT2D eigenvalue weighted by Crippen LogP contribution is 2.26. The Kier molecular flexibility index (Phi) is 2.89. The fourth-order valence-electron chi connectivity index (χ4n) is 1.19. The maximum Gasteiger partial charge on any atom is 0.152 e. The van der Waals surface area contributed by atoms with Crippen molar-refractivity contribution in [2.75, 3.05) is 0 Å². The van der Waals surface area contributed by atoms with E-state index in [1.54, 1.807) is 0 Å². The first-order valence-corrected chi connectivity index (χ1v) is 4.36. The van der Waals surface area contributed by atoms with E-state index in [-0.39, 0.29) is 0 Å². The molecule has 0 aliphatic carbocycles. The van der Waals surface area contributed by atoms with Crippen molar-refractivity contribution >= 4 is 23.5 Å². The molecule has 0 aliphatic heterocycles. The minimum Gasteiger partial charge on any atom is -0.298 e. The first kappa shape index (κ1) is 10.0. The van der Waals surface area contributed by atoms with E-state index < -0.39 is 0 Å². The van der Waals surface area contributed by atoms with Crippen LogP contribution in [-0.2, 0) is 0 Å². The molecule has 0 aliphatic rings. The molecule has 0 heterocycles. The predicted molar refractivity (Wildman–Crippen MR) is 56.3 cm³/mol. The van der Waals surface area contributed by atoms with E-state index >= 15 is 0 Å². The van der Waals surface area contributed by atoms with Crippen LogP contribution in [0.2, 0.25) is 5.02 Å². The zero-order chi connectivity index (χ0) is 10.0. The van der Waals surface area contributed by atoms with Gasteiger partial charge in [-0.05, 0) is 25.0 Å². The van der Waals surface area contributed by atoms with Crippen LogP contribution < -0.4 is 0 Å². The van der Waals surface area contributed by atoms with E-state index in [9.17, 15) is 4.79 Å². The van der Waals surface area contributed by atoms with Gasteiger partial charge in [0.25, 0.3) is 0 Å². The third-order valence-electron chi connectivity index (χ3n) is 1.95. The summed E-state index contributed by atoms with van der Waals surface area (Å²) in [5, 5.41) is 0.524. The number of halogens is 1. The highest BCUT2D eigenvalue weighted by atomic mass is 35.5. The van der Waals surface area contributed by atoms with E-state index in [0.29, 0.717) is 10.6 Å². The summed E-state index contributed by atoms with van der Waals surface area (Å²) in [6.07, 6.45) is 0.777. The van der Waals surface area contributed by atoms with Crippen LogP contribution in [0.5, 0.6) is 0 Å². The number of carbonyl (C=O) groups excluding carboxylic acids is 1. The summed E-state index contributed by atoms with van der Waals surface area (Å²) in [5.74, 6) is 0. The summed E-state index contributed by atoms with van der Waals surface area (Å²) >= 11 is 5.97. The number of allylic oxidation sites excluding steroid dienone is 1. The molecule has 0 bridgehead atoms. The smallest absolute Gasteiger partial charge is 0.152 e. The lowest BCUT2D eigenvalue weighted by Gasteiger charge is -2.07. The second-order valence-electron chi connectivity index (χ2n) is 3.06. The molecule has 1 aromatic rings. The van der Waals surface area contributed by atoms with Crippen molar-refractivity contribution in [3.8, 4) is 0 Å². The molecule has 13 heavy (non-hydrogen) atoms. The number of aryl methyl sites for hydroxylation is 1. The fraction of sp³-hybridized carbons (Fsp3) is 0.182. The minimum atomic E-state index is 0.524. The summed E-state index contributed by atoms with van der Waals surface area (Å²) in [4.78, 5) is 10.8. The van der Waals surface area contributed by atoms with Crippen molar-refractivity contribution < 1.29 is 4.79 Å². The number of hydrogen-bond acceptors (Lipinski definition) is 1.